The van der Waals surface area contributed by atoms with Gasteiger partial charge in [-0.3, -0.25) is 9.59 Å². The highest BCUT2D eigenvalue weighted by Gasteiger charge is 2.16. The maximum atomic E-state index is 11.6. The predicted octanol–water partition coefficient (Wildman–Crippen LogP) is 2.30. The van der Waals surface area contributed by atoms with Crippen LogP contribution in [0.4, 0.5) is 0 Å². The lowest BCUT2D eigenvalue weighted by molar-refractivity contribution is -0.138. The summed E-state index contributed by atoms with van der Waals surface area (Å²) in [7, 11) is 0. The van der Waals surface area contributed by atoms with E-state index in [-0.39, 0.29) is 5.91 Å². The molecule has 2 N–H and O–H groups in total. The number of carbonyl (C=O) groups excluding carboxylic acids is 1. The van der Waals surface area contributed by atoms with E-state index < -0.39 is 18.4 Å². The maximum absolute atomic E-state index is 11.6. The van der Waals surface area contributed by atoms with Crippen molar-refractivity contribution in [1.29, 1.82) is 0 Å². The second-order valence-corrected chi connectivity index (χ2v) is 4.32. The molecule has 0 aliphatic heterocycles. The van der Waals surface area contributed by atoms with E-state index in [0.717, 1.165) is 0 Å². The minimum absolute atomic E-state index is 0.363. The highest BCUT2D eigenvalue weighted by atomic mass is 35.5. The van der Waals surface area contributed by atoms with Gasteiger partial charge in [0.2, 0.25) is 5.91 Å². The number of hydrogen-bond acceptors (Lipinski definition) is 2. The van der Waals surface area contributed by atoms with Gasteiger partial charge in [-0.15, -0.1) is 0 Å². The van der Waals surface area contributed by atoms with Crippen molar-refractivity contribution in [1.82, 2.24) is 5.32 Å². The van der Waals surface area contributed by atoms with Crippen molar-refractivity contribution >= 4 is 35.1 Å². The third kappa shape index (κ3) is 3.91. The fraction of sp³-hybridized carbons (Fsp3) is 0.273. The molecule has 1 atom stereocenters. The summed E-state index contributed by atoms with van der Waals surface area (Å²) in [6.45, 7) is 1.27. The van der Waals surface area contributed by atoms with E-state index in [9.17, 15) is 9.59 Å². The van der Waals surface area contributed by atoms with Gasteiger partial charge in [0.25, 0.3) is 0 Å². The number of aliphatic carboxylic acids is 1. The lowest BCUT2D eigenvalue weighted by Gasteiger charge is -2.12. The molecule has 0 fully saturated rings. The molecule has 0 saturated carbocycles. The molecule has 0 heterocycles. The van der Waals surface area contributed by atoms with Gasteiger partial charge in [0.15, 0.2) is 0 Å². The topological polar surface area (TPSA) is 66.4 Å². The molecule has 0 saturated heterocycles. The Kier molecular flexibility index (Phi) is 4.78. The molecule has 17 heavy (non-hydrogen) atoms. The van der Waals surface area contributed by atoms with E-state index in [0.29, 0.717) is 15.6 Å². The van der Waals surface area contributed by atoms with Crippen LogP contribution in [0.2, 0.25) is 10.0 Å². The second-order valence-electron chi connectivity index (χ2n) is 3.51. The van der Waals surface area contributed by atoms with Crippen LogP contribution in [0.5, 0.6) is 0 Å². The Balaban J connectivity index is 2.74. The van der Waals surface area contributed by atoms with Gasteiger partial charge < -0.3 is 10.4 Å². The molecule has 6 heteroatoms. The normalized spacial score (nSPS) is 11.9. The van der Waals surface area contributed by atoms with Crippen molar-refractivity contribution < 1.29 is 14.7 Å². The number of amides is 1. The molecule has 92 valence electrons. The van der Waals surface area contributed by atoms with Crippen molar-refractivity contribution in [3.8, 4) is 0 Å². The van der Waals surface area contributed by atoms with E-state index in [4.69, 9.17) is 28.3 Å². The van der Waals surface area contributed by atoms with E-state index in [1.165, 1.54) is 0 Å². The molecule has 1 unspecified atom stereocenters. The van der Waals surface area contributed by atoms with Crippen LogP contribution in [0.1, 0.15) is 18.4 Å². The SMILES string of the molecule is CC(C(=O)NCC(=O)O)c1ccc(Cl)c(Cl)c1. The van der Waals surface area contributed by atoms with Crippen LogP contribution in [0.25, 0.3) is 0 Å². The Labute approximate surface area is 109 Å². The average molecular weight is 276 g/mol. The highest BCUT2D eigenvalue weighted by molar-refractivity contribution is 6.42. The summed E-state index contributed by atoms with van der Waals surface area (Å²) in [5, 5.41) is 11.5. The molecule has 0 bridgehead atoms. The fourth-order valence-corrected chi connectivity index (χ4v) is 1.56. The molecule has 0 spiro atoms. The Bertz CT molecular complexity index is 448. The predicted molar refractivity (Wildman–Crippen MR) is 65.5 cm³/mol. The van der Waals surface area contributed by atoms with Crippen LogP contribution in [0.3, 0.4) is 0 Å². The number of hydrogen-bond donors (Lipinski definition) is 2. The molecule has 1 aromatic rings. The first kappa shape index (κ1) is 13.8. The number of carboxylic acid groups (broad SMARTS) is 1. The lowest BCUT2D eigenvalue weighted by atomic mass is 10.0. The number of carboxylic acids is 1. The monoisotopic (exact) mass is 275 g/mol. The summed E-state index contributed by atoms with van der Waals surface area (Å²) in [6, 6.07) is 4.87. The van der Waals surface area contributed by atoms with Crippen molar-refractivity contribution in [2.45, 2.75) is 12.8 Å². The number of halogens is 2. The fourth-order valence-electron chi connectivity index (χ4n) is 1.25. The number of carbonyl (C=O) groups is 2. The van der Waals surface area contributed by atoms with Crippen molar-refractivity contribution in [3.63, 3.8) is 0 Å². The Morgan fingerprint density at radius 3 is 2.53 bits per heavy atom. The molecular weight excluding hydrogens is 265 g/mol. The third-order valence-electron chi connectivity index (χ3n) is 2.25. The summed E-state index contributed by atoms with van der Waals surface area (Å²) in [6.07, 6.45) is 0. The average Bonchev–Trinajstić information content (AvgIpc) is 2.28. The van der Waals surface area contributed by atoms with Gasteiger partial charge in [-0.2, -0.15) is 0 Å². The quantitative estimate of drug-likeness (QED) is 0.886. The van der Waals surface area contributed by atoms with Crippen molar-refractivity contribution in [2.24, 2.45) is 0 Å². The Hall–Kier alpha value is -1.26. The van der Waals surface area contributed by atoms with Gasteiger partial charge >= 0.3 is 5.97 Å². The Morgan fingerprint density at radius 2 is 2.00 bits per heavy atom. The molecule has 1 rings (SSSR count). The van der Waals surface area contributed by atoms with Gasteiger partial charge in [0, 0.05) is 0 Å². The third-order valence-corrected chi connectivity index (χ3v) is 2.99. The molecule has 4 nitrogen and oxygen atoms in total. The zero-order chi connectivity index (χ0) is 13.0. The first-order chi connectivity index (χ1) is 7.91. The van der Waals surface area contributed by atoms with Gasteiger partial charge in [0.05, 0.1) is 16.0 Å². The summed E-state index contributed by atoms with van der Waals surface area (Å²) in [4.78, 5) is 21.9. The molecule has 1 aromatic carbocycles. The van der Waals surface area contributed by atoms with Gasteiger partial charge in [0.1, 0.15) is 6.54 Å². The number of nitrogens with one attached hydrogen (secondary N) is 1. The van der Waals surface area contributed by atoms with Crippen LogP contribution in [-0.2, 0) is 9.59 Å². The second kappa shape index (κ2) is 5.89. The zero-order valence-corrected chi connectivity index (χ0v) is 10.5. The molecule has 0 aliphatic carbocycles. The summed E-state index contributed by atoms with van der Waals surface area (Å²) in [5.74, 6) is -1.94. The lowest BCUT2D eigenvalue weighted by Crippen LogP contribution is -2.32. The van der Waals surface area contributed by atoms with Crippen LogP contribution in [-0.4, -0.2) is 23.5 Å². The summed E-state index contributed by atoms with van der Waals surface area (Å²) >= 11 is 11.6. The van der Waals surface area contributed by atoms with E-state index in [2.05, 4.69) is 5.32 Å². The van der Waals surface area contributed by atoms with Gasteiger partial charge in [-0.1, -0.05) is 29.3 Å². The molecule has 1 amide bonds. The van der Waals surface area contributed by atoms with Crippen LogP contribution < -0.4 is 5.32 Å². The maximum Gasteiger partial charge on any atom is 0.322 e. The van der Waals surface area contributed by atoms with Crippen LogP contribution in [0.15, 0.2) is 18.2 Å². The molecular formula is C11H11Cl2NO3. The van der Waals surface area contributed by atoms with E-state index in [1.807, 2.05) is 0 Å². The molecule has 0 radical (unpaired) electrons. The van der Waals surface area contributed by atoms with Crippen molar-refractivity contribution in [2.75, 3.05) is 6.54 Å². The zero-order valence-electron chi connectivity index (χ0n) is 9.04. The number of rotatable bonds is 4. The summed E-state index contributed by atoms with van der Waals surface area (Å²) < 4.78 is 0. The van der Waals surface area contributed by atoms with E-state index >= 15 is 0 Å². The minimum Gasteiger partial charge on any atom is -0.480 e. The van der Waals surface area contributed by atoms with Gasteiger partial charge in [-0.25, -0.2) is 0 Å². The van der Waals surface area contributed by atoms with Gasteiger partial charge in [-0.05, 0) is 24.6 Å². The first-order valence-corrected chi connectivity index (χ1v) is 5.62. The van der Waals surface area contributed by atoms with E-state index in [1.54, 1.807) is 25.1 Å². The molecule has 0 aromatic heterocycles. The standard InChI is InChI=1S/C11H11Cl2NO3/c1-6(11(17)14-5-10(15)16)7-2-3-8(12)9(13)4-7/h2-4,6H,5H2,1H3,(H,14,17)(H,15,16). The first-order valence-electron chi connectivity index (χ1n) is 4.86. The van der Waals surface area contributed by atoms with Crippen LogP contribution in [0, 0.1) is 0 Å². The number of benzene rings is 1. The Morgan fingerprint density at radius 1 is 1.35 bits per heavy atom. The highest BCUT2D eigenvalue weighted by Crippen LogP contribution is 2.26. The smallest absolute Gasteiger partial charge is 0.322 e. The van der Waals surface area contributed by atoms with Crippen LogP contribution >= 0.6 is 23.2 Å². The minimum atomic E-state index is -1.08. The largest absolute Gasteiger partial charge is 0.480 e. The summed E-state index contributed by atoms with van der Waals surface area (Å²) in [5.41, 5.74) is 0.683. The molecule has 0 aliphatic rings. The van der Waals surface area contributed by atoms with Crippen molar-refractivity contribution in [3.05, 3.63) is 33.8 Å².